The van der Waals surface area contributed by atoms with E-state index in [1.54, 1.807) is 0 Å². The SMILES string of the molecule is CC(C)(C)CC(=O)N1CC[C@H](N)C1. The highest BCUT2D eigenvalue weighted by Gasteiger charge is 2.26. The van der Waals surface area contributed by atoms with Crippen LogP contribution in [0.3, 0.4) is 0 Å². The van der Waals surface area contributed by atoms with Crippen LogP contribution < -0.4 is 5.73 Å². The highest BCUT2D eigenvalue weighted by atomic mass is 16.2. The second-order valence-corrected chi connectivity index (χ2v) is 5.13. The third-order valence-electron chi connectivity index (χ3n) is 2.26. The van der Waals surface area contributed by atoms with Crippen molar-refractivity contribution >= 4 is 5.91 Å². The zero-order valence-corrected chi connectivity index (χ0v) is 8.84. The molecule has 3 heteroatoms. The Morgan fingerprint density at radius 3 is 2.54 bits per heavy atom. The second kappa shape index (κ2) is 3.66. The van der Waals surface area contributed by atoms with Gasteiger partial charge in [-0.1, -0.05) is 20.8 Å². The molecule has 0 saturated carbocycles. The van der Waals surface area contributed by atoms with Gasteiger partial charge in [0.2, 0.25) is 5.91 Å². The number of nitrogens with two attached hydrogens (primary N) is 1. The van der Waals surface area contributed by atoms with Gasteiger partial charge in [0.05, 0.1) is 0 Å². The van der Waals surface area contributed by atoms with Crippen LogP contribution in [0.1, 0.15) is 33.6 Å². The summed E-state index contributed by atoms with van der Waals surface area (Å²) in [6.07, 6.45) is 1.58. The summed E-state index contributed by atoms with van der Waals surface area (Å²) in [7, 11) is 0. The minimum Gasteiger partial charge on any atom is -0.341 e. The molecule has 1 amide bonds. The minimum absolute atomic E-state index is 0.0871. The molecule has 0 aromatic carbocycles. The van der Waals surface area contributed by atoms with E-state index in [0.29, 0.717) is 6.42 Å². The second-order valence-electron chi connectivity index (χ2n) is 5.13. The zero-order chi connectivity index (χ0) is 10.1. The van der Waals surface area contributed by atoms with Gasteiger partial charge in [0, 0.05) is 25.6 Å². The van der Waals surface area contributed by atoms with E-state index in [2.05, 4.69) is 20.8 Å². The molecule has 1 aliphatic heterocycles. The maximum absolute atomic E-state index is 11.7. The molecule has 13 heavy (non-hydrogen) atoms. The molecule has 2 N–H and O–H groups in total. The maximum Gasteiger partial charge on any atom is 0.223 e. The molecule has 76 valence electrons. The monoisotopic (exact) mass is 184 g/mol. The molecule has 0 aromatic rings. The van der Waals surface area contributed by atoms with E-state index in [4.69, 9.17) is 5.73 Å². The van der Waals surface area contributed by atoms with Crippen molar-refractivity contribution in [3.05, 3.63) is 0 Å². The molecule has 1 heterocycles. The molecular weight excluding hydrogens is 164 g/mol. The molecule has 0 unspecified atom stereocenters. The van der Waals surface area contributed by atoms with E-state index in [9.17, 15) is 4.79 Å². The molecule has 1 saturated heterocycles. The van der Waals surface area contributed by atoms with Crippen molar-refractivity contribution in [3.63, 3.8) is 0 Å². The molecule has 0 aliphatic carbocycles. The topological polar surface area (TPSA) is 46.3 Å². The summed E-state index contributed by atoms with van der Waals surface area (Å²) in [5.74, 6) is 0.250. The fraction of sp³-hybridized carbons (Fsp3) is 0.900. The quantitative estimate of drug-likeness (QED) is 0.660. The summed E-state index contributed by atoms with van der Waals surface area (Å²) < 4.78 is 0. The Bertz CT molecular complexity index is 196. The first-order chi connectivity index (χ1) is 5.88. The molecule has 0 spiro atoms. The highest BCUT2D eigenvalue weighted by Crippen LogP contribution is 2.21. The Labute approximate surface area is 80.3 Å². The van der Waals surface area contributed by atoms with Crippen molar-refractivity contribution in [2.24, 2.45) is 11.1 Å². The number of rotatable bonds is 1. The number of amides is 1. The van der Waals surface area contributed by atoms with E-state index >= 15 is 0 Å². The lowest BCUT2D eigenvalue weighted by molar-refractivity contribution is -0.132. The van der Waals surface area contributed by atoms with E-state index in [-0.39, 0.29) is 17.4 Å². The molecular formula is C10H20N2O. The van der Waals surface area contributed by atoms with Crippen molar-refractivity contribution in [1.82, 2.24) is 4.90 Å². The van der Waals surface area contributed by atoms with Gasteiger partial charge in [0.25, 0.3) is 0 Å². The number of hydrogen-bond donors (Lipinski definition) is 1. The summed E-state index contributed by atoms with van der Waals surface area (Å²) >= 11 is 0. The molecule has 0 radical (unpaired) electrons. The van der Waals surface area contributed by atoms with Crippen LogP contribution in [0.4, 0.5) is 0 Å². The van der Waals surface area contributed by atoms with Crippen LogP contribution in [0, 0.1) is 5.41 Å². The number of carbonyl (C=O) groups excluding carboxylic acids is 1. The minimum atomic E-state index is 0.0871. The summed E-state index contributed by atoms with van der Waals surface area (Å²) in [6, 6.07) is 0.198. The standard InChI is InChI=1S/C10H20N2O/c1-10(2,3)6-9(13)12-5-4-8(11)7-12/h8H,4-7,11H2,1-3H3/t8-/m0/s1. The normalized spacial score (nSPS) is 23.7. The van der Waals surface area contributed by atoms with Gasteiger partial charge in [-0.25, -0.2) is 0 Å². The molecule has 1 aliphatic rings. The van der Waals surface area contributed by atoms with Gasteiger partial charge in [0.1, 0.15) is 0 Å². The van der Waals surface area contributed by atoms with Crippen LogP contribution >= 0.6 is 0 Å². The van der Waals surface area contributed by atoms with E-state index in [0.717, 1.165) is 19.5 Å². The van der Waals surface area contributed by atoms with Gasteiger partial charge in [0.15, 0.2) is 0 Å². The van der Waals surface area contributed by atoms with E-state index in [1.807, 2.05) is 4.90 Å². The Balaban J connectivity index is 2.41. The van der Waals surface area contributed by atoms with Crippen LogP contribution in [-0.4, -0.2) is 29.9 Å². The van der Waals surface area contributed by atoms with Crippen molar-refractivity contribution in [3.8, 4) is 0 Å². The molecule has 0 aromatic heterocycles. The highest BCUT2D eigenvalue weighted by molar-refractivity contribution is 5.77. The van der Waals surface area contributed by atoms with Crippen LogP contribution in [0.5, 0.6) is 0 Å². The van der Waals surface area contributed by atoms with Crippen molar-refractivity contribution in [1.29, 1.82) is 0 Å². The molecule has 0 bridgehead atoms. The lowest BCUT2D eigenvalue weighted by Gasteiger charge is -2.22. The third kappa shape index (κ3) is 3.35. The first kappa shape index (κ1) is 10.5. The molecule has 3 nitrogen and oxygen atoms in total. The fourth-order valence-corrected chi connectivity index (χ4v) is 1.58. The fourth-order valence-electron chi connectivity index (χ4n) is 1.58. The summed E-state index contributed by atoms with van der Waals surface area (Å²) in [6.45, 7) is 7.84. The summed E-state index contributed by atoms with van der Waals surface area (Å²) in [4.78, 5) is 13.6. The molecule has 1 rings (SSSR count). The molecule has 1 atom stereocenters. The van der Waals surface area contributed by atoms with Gasteiger partial charge < -0.3 is 10.6 Å². The number of likely N-dealkylation sites (tertiary alicyclic amines) is 1. The summed E-state index contributed by atoms with van der Waals surface area (Å²) in [5, 5.41) is 0. The van der Waals surface area contributed by atoms with Gasteiger partial charge in [-0.15, -0.1) is 0 Å². The van der Waals surface area contributed by atoms with Crippen LogP contribution in [0.15, 0.2) is 0 Å². The summed E-state index contributed by atoms with van der Waals surface area (Å²) in [5.41, 5.74) is 5.82. The number of hydrogen-bond acceptors (Lipinski definition) is 2. The molecule has 1 fully saturated rings. The third-order valence-corrected chi connectivity index (χ3v) is 2.26. The first-order valence-corrected chi connectivity index (χ1v) is 4.92. The van der Waals surface area contributed by atoms with Crippen LogP contribution in [0.25, 0.3) is 0 Å². The van der Waals surface area contributed by atoms with Crippen molar-refractivity contribution < 1.29 is 4.79 Å². The van der Waals surface area contributed by atoms with Crippen LogP contribution in [-0.2, 0) is 4.79 Å². The predicted octanol–water partition coefficient (Wildman–Crippen LogP) is 0.982. The smallest absolute Gasteiger partial charge is 0.223 e. The van der Waals surface area contributed by atoms with Gasteiger partial charge in [-0.3, -0.25) is 4.79 Å². The van der Waals surface area contributed by atoms with Crippen molar-refractivity contribution in [2.45, 2.75) is 39.7 Å². The maximum atomic E-state index is 11.7. The zero-order valence-electron chi connectivity index (χ0n) is 8.84. The Kier molecular flexibility index (Phi) is 2.96. The number of carbonyl (C=O) groups is 1. The van der Waals surface area contributed by atoms with Gasteiger partial charge in [-0.2, -0.15) is 0 Å². The van der Waals surface area contributed by atoms with E-state index in [1.165, 1.54) is 0 Å². The van der Waals surface area contributed by atoms with E-state index < -0.39 is 0 Å². The van der Waals surface area contributed by atoms with Crippen LogP contribution in [0.2, 0.25) is 0 Å². The lowest BCUT2D eigenvalue weighted by Crippen LogP contribution is -2.33. The average Bonchev–Trinajstić information content (AvgIpc) is 2.31. The average molecular weight is 184 g/mol. The number of nitrogens with zero attached hydrogens (tertiary/aromatic N) is 1. The lowest BCUT2D eigenvalue weighted by atomic mass is 9.92. The Hall–Kier alpha value is -0.570. The first-order valence-electron chi connectivity index (χ1n) is 4.92. The largest absolute Gasteiger partial charge is 0.341 e. The Morgan fingerprint density at radius 1 is 1.54 bits per heavy atom. The predicted molar refractivity (Wildman–Crippen MR) is 53.2 cm³/mol. The van der Waals surface area contributed by atoms with Gasteiger partial charge >= 0.3 is 0 Å². The Morgan fingerprint density at radius 2 is 2.15 bits per heavy atom. The van der Waals surface area contributed by atoms with Gasteiger partial charge in [-0.05, 0) is 11.8 Å². The van der Waals surface area contributed by atoms with Crippen molar-refractivity contribution in [2.75, 3.05) is 13.1 Å².